The largest absolute Gasteiger partial charge is 0.480 e. The number of anilines is 1. The molecule has 0 saturated heterocycles. The molecule has 4 heteroatoms. The summed E-state index contributed by atoms with van der Waals surface area (Å²) in [4.78, 5) is 11.2. The van der Waals surface area contributed by atoms with Gasteiger partial charge in [0.05, 0.1) is 0 Å². The lowest BCUT2D eigenvalue weighted by Crippen LogP contribution is -2.55. The highest BCUT2D eigenvalue weighted by Gasteiger charge is 2.48. The van der Waals surface area contributed by atoms with Gasteiger partial charge in [0.15, 0.2) is 0 Å². The quantitative estimate of drug-likeness (QED) is 0.827. The lowest BCUT2D eigenvalue weighted by Gasteiger charge is -2.44. The van der Waals surface area contributed by atoms with Gasteiger partial charge in [0, 0.05) is 5.69 Å². The first-order valence-electron chi connectivity index (χ1n) is 5.29. The molecule has 0 aliphatic heterocycles. The minimum absolute atomic E-state index is 0.322. The van der Waals surface area contributed by atoms with Crippen LogP contribution < -0.4 is 5.32 Å². The van der Waals surface area contributed by atoms with Gasteiger partial charge in [-0.15, -0.1) is 0 Å². The maximum absolute atomic E-state index is 12.7. The van der Waals surface area contributed by atoms with Crippen molar-refractivity contribution in [3.8, 4) is 0 Å². The van der Waals surface area contributed by atoms with Crippen molar-refractivity contribution in [3.05, 3.63) is 30.1 Å². The number of carbonyl (C=O) groups is 1. The lowest BCUT2D eigenvalue weighted by atomic mass is 9.69. The van der Waals surface area contributed by atoms with Crippen LogP contribution in [0.1, 0.15) is 19.8 Å². The monoisotopic (exact) mass is 223 g/mol. The Morgan fingerprint density at radius 3 is 2.44 bits per heavy atom. The van der Waals surface area contributed by atoms with Crippen LogP contribution in [0.25, 0.3) is 0 Å². The molecule has 1 aromatic rings. The standard InChI is InChI=1S/C12H14FNO2/c1-8-6-12(7-8,11(15)16)14-10-4-2-9(13)3-5-10/h2-5,8,14H,6-7H2,1H3,(H,15,16). The fourth-order valence-corrected chi connectivity index (χ4v) is 2.27. The molecule has 0 radical (unpaired) electrons. The Kier molecular flexibility index (Phi) is 2.58. The zero-order chi connectivity index (χ0) is 11.8. The van der Waals surface area contributed by atoms with Gasteiger partial charge in [0.25, 0.3) is 0 Å². The highest BCUT2D eigenvalue weighted by molar-refractivity contribution is 5.84. The highest BCUT2D eigenvalue weighted by Crippen LogP contribution is 2.40. The van der Waals surface area contributed by atoms with E-state index >= 15 is 0 Å². The van der Waals surface area contributed by atoms with E-state index in [2.05, 4.69) is 5.32 Å². The summed E-state index contributed by atoms with van der Waals surface area (Å²) in [5.74, 6) is -0.740. The van der Waals surface area contributed by atoms with Crippen molar-refractivity contribution in [2.45, 2.75) is 25.3 Å². The van der Waals surface area contributed by atoms with Gasteiger partial charge in [-0.3, -0.25) is 0 Å². The van der Waals surface area contributed by atoms with Crippen LogP contribution in [-0.2, 0) is 4.79 Å². The number of hydrogen-bond donors (Lipinski definition) is 2. The molecule has 1 aromatic carbocycles. The zero-order valence-corrected chi connectivity index (χ0v) is 9.03. The molecule has 0 spiro atoms. The predicted molar refractivity (Wildman–Crippen MR) is 58.8 cm³/mol. The summed E-state index contributed by atoms with van der Waals surface area (Å²) < 4.78 is 12.7. The molecule has 0 amide bonds. The molecule has 0 aromatic heterocycles. The van der Waals surface area contributed by atoms with E-state index in [1.165, 1.54) is 12.1 Å². The van der Waals surface area contributed by atoms with Gasteiger partial charge in [-0.1, -0.05) is 6.92 Å². The number of rotatable bonds is 3. The summed E-state index contributed by atoms with van der Waals surface area (Å²) in [5, 5.41) is 12.2. The molecular weight excluding hydrogens is 209 g/mol. The predicted octanol–water partition coefficient (Wildman–Crippen LogP) is 2.49. The van der Waals surface area contributed by atoms with Crippen molar-refractivity contribution < 1.29 is 14.3 Å². The molecule has 0 bridgehead atoms. The Bertz CT molecular complexity index is 396. The molecular formula is C12H14FNO2. The third-order valence-corrected chi connectivity index (χ3v) is 3.03. The normalized spacial score (nSPS) is 28.2. The second-order valence-corrected chi connectivity index (χ2v) is 4.53. The molecule has 86 valence electrons. The Morgan fingerprint density at radius 2 is 2.00 bits per heavy atom. The average Bonchev–Trinajstić information content (AvgIpc) is 2.18. The summed E-state index contributed by atoms with van der Waals surface area (Å²) >= 11 is 0. The second kappa shape index (κ2) is 3.77. The number of carboxylic acid groups (broad SMARTS) is 1. The summed E-state index contributed by atoms with van der Waals surface area (Å²) in [6, 6.07) is 5.76. The van der Waals surface area contributed by atoms with Gasteiger partial charge in [0.1, 0.15) is 11.4 Å². The molecule has 0 heterocycles. The number of carboxylic acids is 1. The minimum Gasteiger partial charge on any atom is -0.480 e. The molecule has 2 rings (SSSR count). The average molecular weight is 223 g/mol. The molecule has 0 atom stereocenters. The van der Waals surface area contributed by atoms with Crippen molar-refractivity contribution in [1.82, 2.24) is 0 Å². The first kappa shape index (κ1) is 10.9. The Balaban J connectivity index is 2.13. The van der Waals surface area contributed by atoms with Crippen LogP contribution in [0.4, 0.5) is 10.1 Å². The Morgan fingerprint density at radius 1 is 1.44 bits per heavy atom. The Labute approximate surface area is 93.3 Å². The van der Waals surface area contributed by atoms with Crippen LogP contribution in [0, 0.1) is 11.7 Å². The molecule has 1 aliphatic carbocycles. The van der Waals surface area contributed by atoms with Crippen molar-refractivity contribution in [2.75, 3.05) is 5.32 Å². The van der Waals surface area contributed by atoms with E-state index in [4.69, 9.17) is 0 Å². The zero-order valence-electron chi connectivity index (χ0n) is 9.03. The van der Waals surface area contributed by atoms with Crippen LogP contribution in [0.5, 0.6) is 0 Å². The van der Waals surface area contributed by atoms with E-state index in [9.17, 15) is 14.3 Å². The topological polar surface area (TPSA) is 49.3 Å². The van der Waals surface area contributed by atoms with Crippen molar-refractivity contribution in [2.24, 2.45) is 5.92 Å². The number of nitrogens with one attached hydrogen (secondary N) is 1. The lowest BCUT2D eigenvalue weighted by molar-refractivity contribution is -0.147. The highest BCUT2D eigenvalue weighted by atomic mass is 19.1. The molecule has 1 aliphatic rings. The smallest absolute Gasteiger partial charge is 0.329 e. The first-order valence-corrected chi connectivity index (χ1v) is 5.29. The van der Waals surface area contributed by atoms with E-state index < -0.39 is 11.5 Å². The third-order valence-electron chi connectivity index (χ3n) is 3.03. The van der Waals surface area contributed by atoms with Crippen molar-refractivity contribution in [1.29, 1.82) is 0 Å². The second-order valence-electron chi connectivity index (χ2n) is 4.53. The van der Waals surface area contributed by atoms with Crippen LogP contribution in [0.2, 0.25) is 0 Å². The molecule has 1 fully saturated rings. The fourth-order valence-electron chi connectivity index (χ4n) is 2.27. The van der Waals surface area contributed by atoms with Gasteiger partial charge in [0.2, 0.25) is 0 Å². The van der Waals surface area contributed by atoms with E-state index in [0.717, 1.165) is 0 Å². The van der Waals surface area contributed by atoms with Crippen LogP contribution in [0.3, 0.4) is 0 Å². The van der Waals surface area contributed by atoms with Gasteiger partial charge in [-0.05, 0) is 43.0 Å². The number of benzene rings is 1. The van der Waals surface area contributed by atoms with Gasteiger partial charge < -0.3 is 10.4 Å². The van der Waals surface area contributed by atoms with E-state index in [1.54, 1.807) is 12.1 Å². The SMILES string of the molecule is CC1CC(Nc2ccc(F)cc2)(C(=O)O)C1. The maximum atomic E-state index is 12.7. The van der Waals surface area contributed by atoms with Gasteiger partial charge >= 0.3 is 5.97 Å². The molecule has 2 N–H and O–H groups in total. The minimum atomic E-state index is -0.864. The molecule has 3 nitrogen and oxygen atoms in total. The number of aliphatic carboxylic acids is 1. The van der Waals surface area contributed by atoms with Gasteiger partial charge in [-0.2, -0.15) is 0 Å². The Hall–Kier alpha value is -1.58. The number of hydrogen-bond acceptors (Lipinski definition) is 2. The number of halogens is 1. The van der Waals surface area contributed by atoms with Crippen LogP contribution in [-0.4, -0.2) is 16.6 Å². The first-order chi connectivity index (χ1) is 7.52. The third kappa shape index (κ3) is 1.87. The van der Waals surface area contributed by atoms with Gasteiger partial charge in [-0.25, -0.2) is 9.18 Å². The summed E-state index contributed by atoms with van der Waals surface area (Å²) in [7, 11) is 0. The molecule has 0 unspecified atom stereocenters. The molecule has 16 heavy (non-hydrogen) atoms. The van der Waals surface area contributed by atoms with Crippen LogP contribution >= 0.6 is 0 Å². The fraction of sp³-hybridized carbons (Fsp3) is 0.417. The molecule has 1 saturated carbocycles. The maximum Gasteiger partial charge on any atom is 0.329 e. The van der Waals surface area contributed by atoms with Crippen molar-refractivity contribution >= 4 is 11.7 Å². The summed E-state index contributed by atoms with van der Waals surface area (Å²) in [6.07, 6.45) is 1.22. The van der Waals surface area contributed by atoms with E-state index in [1.807, 2.05) is 6.92 Å². The van der Waals surface area contributed by atoms with E-state index in [-0.39, 0.29) is 5.82 Å². The van der Waals surface area contributed by atoms with Crippen molar-refractivity contribution in [3.63, 3.8) is 0 Å². The van der Waals surface area contributed by atoms with E-state index in [0.29, 0.717) is 24.4 Å². The van der Waals surface area contributed by atoms with Crippen LogP contribution in [0.15, 0.2) is 24.3 Å². The summed E-state index contributed by atoms with van der Waals surface area (Å²) in [5.41, 5.74) is -0.215. The summed E-state index contributed by atoms with van der Waals surface area (Å²) in [6.45, 7) is 2.02.